The Balaban J connectivity index is 1.42. The van der Waals surface area contributed by atoms with Gasteiger partial charge in [0.15, 0.2) is 0 Å². The molecule has 0 saturated heterocycles. The minimum atomic E-state index is -3.78. The normalized spacial score (nSPS) is 11.3. The standard InChI is InChI=1S/C24H23N5O3S/c1-18-7-10-21(13-23(18)33(31,32)28-15-19-5-3-2-4-6-19)24(30)26-14-20-8-11-22(12-9-20)29-17-25-16-27-29/h2-13,16-17,28H,14-15H2,1H3,(H,26,30). The van der Waals surface area contributed by atoms with Crippen LogP contribution in [0.15, 0.2) is 90.3 Å². The predicted octanol–water partition coefficient (Wildman–Crippen LogP) is 2.98. The molecule has 33 heavy (non-hydrogen) atoms. The number of sulfonamides is 1. The second kappa shape index (κ2) is 9.76. The van der Waals surface area contributed by atoms with Crippen LogP contribution in [0.3, 0.4) is 0 Å². The van der Waals surface area contributed by atoms with Crippen molar-refractivity contribution in [1.29, 1.82) is 0 Å². The maximum absolute atomic E-state index is 12.9. The molecular formula is C24H23N5O3S. The number of hydrogen-bond acceptors (Lipinski definition) is 5. The smallest absolute Gasteiger partial charge is 0.251 e. The second-order valence-electron chi connectivity index (χ2n) is 7.48. The number of carbonyl (C=O) groups excluding carboxylic acids is 1. The third kappa shape index (κ3) is 5.51. The van der Waals surface area contributed by atoms with Crippen molar-refractivity contribution in [3.8, 4) is 5.69 Å². The van der Waals surface area contributed by atoms with Gasteiger partial charge in [-0.1, -0.05) is 48.5 Å². The van der Waals surface area contributed by atoms with Gasteiger partial charge < -0.3 is 5.32 Å². The number of rotatable bonds is 8. The van der Waals surface area contributed by atoms with Crippen molar-refractivity contribution in [3.05, 3.63) is 108 Å². The highest BCUT2D eigenvalue weighted by molar-refractivity contribution is 7.89. The van der Waals surface area contributed by atoms with E-state index >= 15 is 0 Å². The van der Waals surface area contributed by atoms with Crippen LogP contribution in [0.25, 0.3) is 5.69 Å². The van der Waals surface area contributed by atoms with Gasteiger partial charge in [-0.15, -0.1) is 0 Å². The van der Waals surface area contributed by atoms with Gasteiger partial charge in [-0.25, -0.2) is 22.8 Å². The third-order valence-corrected chi connectivity index (χ3v) is 6.66. The lowest BCUT2D eigenvalue weighted by Crippen LogP contribution is -2.26. The van der Waals surface area contributed by atoms with Gasteiger partial charge in [-0.3, -0.25) is 4.79 Å². The van der Waals surface area contributed by atoms with E-state index in [9.17, 15) is 13.2 Å². The summed E-state index contributed by atoms with van der Waals surface area (Å²) in [5.74, 6) is -0.352. The Morgan fingerprint density at radius 1 is 0.939 bits per heavy atom. The number of carbonyl (C=O) groups is 1. The number of amides is 1. The molecule has 1 heterocycles. The van der Waals surface area contributed by atoms with Crippen LogP contribution in [0.2, 0.25) is 0 Å². The second-order valence-corrected chi connectivity index (χ2v) is 9.21. The maximum atomic E-state index is 12.9. The number of nitrogens with zero attached hydrogens (tertiary/aromatic N) is 3. The first-order valence-electron chi connectivity index (χ1n) is 10.3. The summed E-state index contributed by atoms with van der Waals surface area (Å²) in [5.41, 5.74) is 3.45. The van der Waals surface area contributed by atoms with E-state index in [-0.39, 0.29) is 22.9 Å². The predicted molar refractivity (Wildman–Crippen MR) is 124 cm³/mol. The zero-order valence-electron chi connectivity index (χ0n) is 18.0. The van der Waals surface area contributed by atoms with Gasteiger partial charge in [0, 0.05) is 18.7 Å². The van der Waals surface area contributed by atoms with Crippen LogP contribution in [0.4, 0.5) is 0 Å². The van der Waals surface area contributed by atoms with Crippen LogP contribution in [-0.2, 0) is 23.1 Å². The number of nitrogens with one attached hydrogen (secondary N) is 2. The molecule has 3 aromatic carbocycles. The molecule has 0 aliphatic rings. The number of aryl methyl sites for hydroxylation is 1. The van der Waals surface area contributed by atoms with Gasteiger partial charge in [0.25, 0.3) is 5.91 Å². The van der Waals surface area contributed by atoms with Crippen molar-refractivity contribution >= 4 is 15.9 Å². The summed E-state index contributed by atoms with van der Waals surface area (Å²) in [6.07, 6.45) is 3.07. The summed E-state index contributed by atoms with van der Waals surface area (Å²) in [4.78, 5) is 16.7. The minimum Gasteiger partial charge on any atom is -0.348 e. The first kappa shape index (κ1) is 22.4. The van der Waals surface area contributed by atoms with Crippen LogP contribution in [0, 0.1) is 6.92 Å². The van der Waals surface area contributed by atoms with Gasteiger partial charge in [0.05, 0.1) is 10.6 Å². The van der Waals surface area contributed by atoms with E-state index in [4.69, 9.17) is 0 Å². The molecule has 1 aromatic heterocycles. The molecule has 4 rings (SSSR count). The van der Waals surface area contributed by atoms with E-state index < -0.39 is 10.0 Å². The third-order valence-electron chi connectivity index (χ3n) is 5.12. The van der Waals surface area contributed by atoms with Gasteiger partial charge in [-0.2, -0.15) is 5.10 Å². The quantitative estimate of drug-likeness (QED) is 0.420. The van der Waals surface area contributed by atoms with Crippen LogP contribution in [-0.4, -0.2) is 29.1 Å². The fourth-order valence-corrected chi connectivity index (χ4v) is 4.56. The zero-order chi connectivity index (χ0) is 23.3. The largest absolute Gasteiger partial charge is 0.348 e. The molecule has 0 aliphatic heterocycles. The molecule has 0 radical (unpaired) electrons. The van der Waals surface area contributed by atoms with E-state index in [0.29, 0.717) is 12.1 Å². The average molecular weight is 462 g/mol. The Morgan fingerprint density at radius 2 is 1.67 bits per heavy atom. The summed E-state index contributed by atoms with van der Waals surface area (Å²) < 4.78 is 30.0. The lowest BCUT2D eigenvalue weighted by molar-refractivity contribution is 0.0950. The molecular weight excluding hydrogens is 438 g/mol. The minimum absolute atomic E-state index is 0.0864. The molecule has 0 unspecified atom stereocenters. The summed E-state index contributed by atoms with van der Waals surface area (Å²) >= 11 is 0. The highest BCUT2D eigenvalue weighted by Gasteiger charge is 2.19. The Labute approximate surface area is 192 Å². The van der Waals surface area contributed by atoms with Crippen molar-refractivity contribution in [2.24, 2.45) is 0 Å². The molecule has 0 atom stereocenters. The molecule has 0 fully saturated rings. The van der Waals surface area contributed by atoms with E-state index in [0.717, 1.165) is 16.8 Å². The Morgan fingerprint density at radius 3 is 2.36 bits per heavy atom. The first-order chi connectivity index (χ1) is 15.9. The van der Waals surface area contributed by atoms with Crippen molar-refractivity contribution in [1.82, 2.24) is 24.8 Å². The molecule has 168 valence electrons. The Kier molecular flexibility index (Phi) is 6.62. The molecule has 4 aromatic rings. The van der Waals surface area contributed by atoms with Crippen LogP contribution in [0.1, 0.15) is 27.0 Å². The van der Waals surface area contributed by atoms with Gasteiger partial charge in [0.2, 0.25) is 10.0 Å². The average Bonchev–Trinajstić information content (AvgIpc) is 3.37. The Hall–Kier alpha value is -3.82. The monoisotopic (exact) mass is 461 g/mol. The van der Waals surface area contributed by atoms with Crippen LogP contribution < -0.4 is 10.0 Å². The molecule has 0 saturated carbocycles. The first-order valence-corrected chi connectivity index (χ1v) is 11.8. The number of aromatic nitrogens is 3. The fourth-order valence-electron chi connectivity index (χ4n) is 3.28. The maximum Gasteiger partial charge on any atom is 0.251 e. The van der Waals surface area contributed by atoms with Crippen molar-refractivity contribution in [2.45, 2.75) is 24.9 Å². The Bertz CT molecular complexity index is 1340. The highest BCUT2D eigenvalue weighted by Crippen LogP contribution is 2.18. The van der Waals surface area contributed by atoms with Gasteiger partial charge in [0.1, 0.15) is 12.7 Å². The molecule has 2 N–H and O–H groups in total. The SMILES string of the molecule is Cc1ccc(C(=O)NCc2ccc(-n3cncn3)cc2)cc1S(=O)(=O)NCc1ccccc1. The van der Waals surface area contributed by atoms with Crippen molar-refractivity contribution in [2.75, 3.05) is 0 Å². The van der Waals surface area contributed by atoms with Crippen LogP contribution in [0.5, 0.6) is 0 Å². The molecule has 0 aliphatic carbocycles. The van der Waals surface area contributed by atoms with Gasteiger partial charge in [-0.05, 0) is 47.9 Å². The lowest BCUT2D eigenvalue weighted by Gasteiger charge is -2.12. The lowest BCUT2D eigenvalue weighted by atomic mass is 10.1. The molecule has 0 bridgehead atoms. The summed E-state index contributed by atoms with van der Waals surface area (Å²) in [6, 6.07) is 21.5. The van der Waals surface area contributed by atoms with Gasteiger partial charge >= 0.3 is 0 Å². The number of benzene rings is 3. The summed E-state index contributed by atoms with van der Waals surface area (Å²) in [5, 5.41) is 6.91. The van der Waals surface area contributed by atoms with E-state index in [2.05, 4.69) is 20.1 Å². The van der Waals surface area contributed by atoms with Crippen molar-refractivity contribution < 1.29 is 13.2 Å². The number of hydrogen-bond donors (Lipinski definition) is 2. The zero-order valence-corrected chi connectivity index (χ0v) is 18.8. The summed E-state index contributed by atoms with van der Waals surface area (Å²) in [6.45, 7) is 2.18. The summed E-state index contributed by atoms with van der Waals surface area (Å²) in [7, 11) is -3.78. The fraction of sp³-hybridized carbons (Fsp3) is 0.125. The van der Waals surface area contributed by atoms with E-state index in [1.165, 1.54) is 12.4 Å². The van der Waals surface area contributed by atoms with E-state index in [1.54, 1.807) is 30.1 Å². The molecule has 8 nitrogen and oxygen atoms in total. The highest BCUT2D eigenvalue weighted by atomic mass is 32.2. The molecule has 0 spiro atoms. The topological polar surface area (TPSA) is 106 Å². The van der Waals surface area contributed by atoms with Crippen LogP contribution >= 0.6 is 0 Å². The van der Waals surface area contributed by atoms with Crippen molar-refractivity contribution in [3.63, 3.8) is 0 Å². The molecule has 9 heteroatoms. The van der Waals surface area contributed by atoms with E-state index in [1.807, 2.05) is 54.6 Å². The molecule has 1 amide bonds.